The average molecular weight is 487 g/mol. The fourth-order valence-electron chi connectivity index (χ4n) is 5.93. The van der Waals surface area contributed by atoms with Gasteiger partial charge in [-0.3, -0.25) is 4.98 Å². The molecule has 4 aromatic rings. The first-order valence-electron chi connectivity index (χ1n) is 13.1. The molecule has 1 saturated carbocycles. The molecule has 0 amide bonds. The number of aromatic nitrogens is 5. The van der Waals surface area contributed by atoms with Crippen molar-refractivity contribution in [2.24, 2.45) is 0 Å². The molecule has 4 aromatic heterocycles. The van der Waals surface area contributed by atoms with E-state index in [1.807, 2.05) is 30.9 Å². The second kappa shape index (κ2) is 9.99. The maximum atomic E-state index is 9.20. The first-order chi connectivity index (χ1) is 17.7. The summed E-state index contributed by atoms with van der Waals surface area (Å²) >= 11 is 0. The zero-order valence-corrected chi connectivity index (χ0v) is 20.8. The van der Waals surface area contributed by atoms with E-state index >= 15 is 0 Å². The summed E-state index contributed by atoms with van der Waals surface area (Å²) in [5, 5.41) is 14.7. The SMILES string of the molecule is CN(CCO)C1CCN(c2ccc(Nc3ncc4c5ccncc5n(C5CCCC5)c4n3)nc2)CC1. The minimum Gasteiger partial charge on any atom is -0.395 e. The van der Waals surface area contributed by atoms with Gasteiger partial charge >= 0.3 is 0 Å². The van der Waals surface area contributed by atoms with Crippen LogP contribution in [0.2, 0.25) is 0 Å². The highest BCUT2D eigenvalue weighted by molar-refractivity contribution is 6.06. The molecule has 9 heteroatoms. The van der Waals surface area contributed by atoms with E-state index in [4.69, 9.17) is 4.98 Å². The van der Waals surface area contributed by atoms with Crippen LogP contribution in [-0.4, -0.2) is 73.8 Å². The van der Waals surface area contributed by atoms with Gasteiger partial charge in [0.1, 0.15) is 11.5 Å². The summed E-state index contributed by atoms with van der Waals surface area (Å²) < 4.78 is 2.37. The molecular weight excluding hydrogens is 452 g/mol. The van der Waals surface area contributed by atoms with Crippen molar-refractivity contribution in [3.8, 4) is 0 Å². The van der Waals surface area contributed by atoms with E-state index < -0.39 is 0 Å². The second-order valence-electron chi connectivity index (χ2n) is 10.1. The largest absolute Gasteiger partial charge is 0.395 e. The van der Waals surface area contributed by atoms with Crippen LogP contribution in [0, 0.1) is 0 Å². The van der Waals surface area contributed by atoms with Crippen LogP contribution in [0.4, 0.5) is 17.5 Å². The number of likely N-dealkylation sites (N-methyl/N-ethyl adjacent to an activating group) is 1. The summed E-state index contributed by atoms with van der Waals surface area (Å²) in [5.41, 5.74) is 3.24. The highest BCUT2D eigenvalue weighted by atomic mass is 16.3. The van der Waals surface area contributed by atoms with E-state index in [9.17, 15) is 5.11 Å². The Kier molecular flexibility index (Phi) is 6.41. The molecule has 1 saturated heterocycles. The fourth-order valence-corrected chi connectivity index (χ4v) is 5.93. The van der Waals surface area contributed by atoms with Crippen LogP contribution in [-0.2, 0) is 0 Å². The molecule has 9 nitrogen and oxygen atoms in total. The molecule has 0 radical (unpaired) electrons. The summed E-state index contributed by atoms with van der Waals surface area (Å²) in [6.07, 6.45) is 14.7. The highest BCUT2D eigenvalue weighted by Gasteiger charge is 2.24. The van der Waals surface area contributed by atoms with Crippen molar-refractivity contribution in [2.45, 2.75) is 50.6 Å². The van der Waals surface area contributed by atoms with Gasteiger partial charge < -0.3 is 24.8 Å². The summed E-state index contributed by atoms with van der Waals surface area (Å²) in [7, 11) is 2.10. The molecule has 0 atom stereocenters. The predicted molar refractivity (Wildman–Crippen MR) is 143 cm³/mol. The number of hydrogen-bond acceptors (Lipinski definition) is 8. The van der Waals surface area contributed by atoms with Crippen LogP contribution in [0.15, 0.2) is 43.0 Å². The number of aliphatic hydroxyl groups excluding tert-OH is 1. The van der Waals surface area contributed by atoms with Crippen LogP contribution in [0.1, 0.15) is 44.6 Å². The fraction of sp³-hybridized carbons (Fsp3) is 0.481. The summed E-state index contributed by atoms with van der Waals surface area (Å²) in [6, 6.07) is 7.18. The van der Waals surface area contributed by atoms with Crippen molar-refractivity contribution in [1.82, 2.24) is 29.4 Å². The van der Waals surface area contributed by atoms with Gasteiger partial charge in [0.25, 0.3) is 0 Å². The van der Waals surface area contributed by atoms with Crippen LogP contribution in [0.5, 0.6) is 0 Å². The average Bonchev–Trinajstić information content (AvgIpc) is 3.55. The second-order valence-corrected chi connectivity index (χ2v) is 10.1. The Morgan fingerprint density at radius 3 is 2.58 bits per heavy atom. The molecule has 5 heterocycles. The Balaban J connectivity index is 1.20. The Labute approximate surface area is 211 Å². The first kappa shape index (κ1) is 23.1. The van der Waals surface area contributed by atoms with E-state index in [1.165, 1.54) is 25.7 Å². The van der Waals surface area contributed by atoms with Gasteiger partial charge in [0.05, 0.1) is 30.2 Å². The zero-order valence-electron chi connectivity index (χ0n) is 20.8. The third kappa shape index (κ3) is 4.37. The van der Waals surface area contributed by atoms with Gasteiger partial charge in [0.2, 0.25) is 5.95 Å². The van der Waals surface area contributed by atoms with Gasteiger partial charge in [-0.2, -0.15) is 4.98 Å². The van der Waals surface area contributed by atoms with Crippen molar-refractivity contribution >= 4 is 39.4 Å². The summed E-state index contributed by atoms with van der Waals surface area (Å²) in [4.78, 5) is 23.3. The maximum absolute atomic E-state index is 9.20. The molecule has 0 aromatic carbocycles. The number of fused-ring (bicyclic) bond motifs is 3. The highest BCUT2D eigenvalue weighted by Crippen LogP contribution is 2.37. The molecule has 2 aliphatic rings. The van der Waals surface area contributed by atoms with E-state index in [0.29, 0.717) is 18.0 Å². The van der Waals surface area contributed by atoms with E-state index in [-0.39, 0.29) is 6.61 Å². The van der Waals surface area contributed by atoms with Gasteiger partial charge in [-0.1, -0.05) is 12.8 Å². The number of anilines is 3. The molecule has 1 aliphatic heterocycles. The molecule has 6 rings (SSSR count). The molecular formula is C27H34N8O. The number of pyridine rings is 2. The predicted octanol–water partition coefficient (Wildman–Crippen LogP) is 4.13. The standard InChI is InChI=1S/C27H34N8O/c1-33(14-15-36)19-9-12-34(13-10-19)21-6-7-25(29-16-21)31-27-30-17-23-22-8-11-28-18-24(22)35(26(23)32-27)20-4-2-3-5-20/h6-8,11,16-20,36H,2-5,9-10,12-15H2,1H3,(H,29,30,31,32). The number of piperidine rings is 1. The molecule has 188 valence electrons. The van der Waals surface area contributed by atoms with E-state index in [0.717, 1.165) is 65.9 Å². The Morgan fingerprint density at radius 2 is 1.83 bits per heavy atom. The zero-order chi connectivity index (χ0) is 24.5. The first-order valence-corrected chi connectivity index (χ1v) is 13.1. The third-order valence-corrected chi connectivity index (χ3v) is 7.93. The Morgan fingerprint density at radius 1 is 1.00 bits per heavy atom. The number of hydrogen-bond donors (Lipinski definition) is 2. The lowest BCUT2D eigenvalue weighted by Crippen LogP contribution is -2.44. The van der Waals surface area contributed by atoms with Crippen molar-refractivity contribution in [3.05, 3.63) is 43.0 Å². The van der Waals surface area contributed by atoms with Gasteiger partial charge in [0, 0.05) is 54.9 Å². The smallest absolute Gasteiger partial charge is 0.230 e. The Bertz CT molecular complexity index is 1320. The van der Waals surface area contributed by atoms with Gasteiger partial charge in [-0.15, -0.1) is 0 Å². The quantitative estimate of drug-likeness (QED) is 0.403. The van der Waals surface area contributed by atoms with Gasteiger partial charge in [0.15, 0.2) is 0 Å². The molecule has 0 spiro atoms. The number of rotatable bonds is 7. The lowest BCUT2D eigenvalue weighted by Gasteiger charge is -2.37. The summed E-state index contributed by atoms with van der Waals surface area (Å²) in [6.45, 7) is 2.94. The monoisotopic (exact) mass is 486 g/mol. The number of nitrogens with one attached hydrogen (secondary N) is 1. The molecule has 0 bridgehead atoms. The molecule has 1 aliphatic carbocycles. The summed E-state index contributed by atoms with van der Waals surface area (Å²) in [5.74, 6) is 1.30. The Hall–Kier alpha value is -3.30. The van der Waals surface area contributed by atoms with Crippen LogP contribution in [0.3, 0.4) is 0 Å². The van der Waals surface area contributed by atoms with Gasteiger partial charge in [-0.25, -0.2) is 9.97 Å². The number of aliphatic hydroxyl groups is 1. The van der Waals surface area contributed by atoms with Crippen molar-refractivity contribution in [2.75, 3.05) is 43.5 Å². The molecule has 2 N–H and O–H groups in total. The van der Waals surface area contributed by atoms with Gasteiger partial charge in [-0.05, 0) is 50.9 Å². The van der Waals surface area contributed by atoms with E-state index in [2.05, 4.69) is 53.8 Å². The minimum absolute atomic E-state index is 0.214. The topological polar surface area (TPSA) is 95.2 Å². The maximum Gasteiger partial charge on any atom is 0.230 e. The molecule has 36 heavy (non-hydrogen) atoms. The lowest BCUT2D eigenvalue weighted by atomic mass is 10.0. The van der Waals surface area contributed by atoms with E-state index in [1.54, 1.807) is 0 Å². The van der Waals surface area contributed by atoms with Crippen LogP contribution < -0.4 is 10.2 Å². The molecule has 2 fully saturated rings. The normalized spacial score (nSPS) is 17.6. The van der Waals surface area contributed by atoms with Crippen molar-refractivity contribution in [1.29, 1.82) is 0 Å². The van der Waals surface area contributed by atoms with Crippen molar-refractivity contribution < 1.29 is 5.11 Å². The van der Waals surface area contributed by atoms with Crippen LogP contribution >= 0.6 is 0 Å². The third-order valence-electron chi connectivity index (χ3n) is 7.93. The minimum atomic E-state index is 0.214. The lowest BCUT2D eigenvalue weighted by molar-refractivity contribution is 0.162. The number of nitrogens with zero attached hydrogens (tertiary/aromatic N) is 7. The molecule has 0 unspecified atom stereocenters. The van der Waals surface area contributed by atoms with Crippen LogP contribution in [0.25, 0.3) is 21.9 Å². The van der Waals surface area contributed by atoms with Crippen molar-refractivity contribution in [3.63, 3.8) is 0 Å².